The Morgan fingerprint density at radius 1 is 0.958 bits per heavy atom. The van der Waals surface area contributed by atoms with Crippen LogP contribution in [0.2, 0.25) is 0 Å². The van der Waals surface area contributed by atoms with Crippen molar-refractivity contribution in [3.8, 4) is 0 Å². The summed E-state index contributed by atoms with van der Waals surface area (Å²) in [5.74, 6) is -0.318. The van der Waals surface area contributed by atoms with Crippen molar-refractivity contribution >= 4 is 5.97 Å². The molecule has 3 nitrogen and oxygen atoms in total. The van der Waals surface area contributed by atoms with Crippen LogP contribution in [0.25, 0.3) is 0 Å². The van der Waals surface area contributed by atoms with Crippen molar-refractivity contribution in [1.82, 2.24) is 0 Å². The lowest BCUT2D eigenvalue weighted by molar-refractivity contribution is -0.141. The predicted octanol–water partition coefficient (Wildman–Crippen LogP) is 5.70. The number of carbonyl (C=O) groups is 1. The van der Waals surface area contributed by atoms with Crippen LogP contribution in [0.5, 0.6) is 0 Å². The number of hydrogen-bond acceptors (Lipinski definition) is 3. The number of ether oxygens (including phenoxy) is 1. The Labute approximate surface area is 148 Å². The van der Waals surface area contributed by atoms with E-state index in [2.05, 4.69) is 6.92 Å². The zero-order valence-electron chi connectivity index (χ0n) is 15.9. The third kappa shape index (κ3) is 7.83. The van der Waals surface area contributed by atoms with Crippen molar-refractivity contribution in [3.05, 3.63) is 11.6 Å². The first-order valence-electron chi connectivity index (χ1n) is 10.2. The van der Waals surface area contributed by atoms with Crippen molar-refractivity contribution in [2.24, 2.45) is 0 Å². The molecule has 0 aliphatic heterocycles. The fourth-order valence-electron chi connectivity index (χ4n) is 3.60. The van der Waals surface area contributed by atoms with Crippen molar-refractivity contribution in [2.45, 2.75) is 109 Å². The molecule has 0 heterocycles. The highest BCUT2D eigenvalue weighted by Crippen LogP contribution is 2.35. The Hall–Kier alpha value is -0.830. The molecule has 1 aliphatic rings. The minimum absolute atomic E-state index is 0.318. The molecule has 140 valence electrons. The van der Waals surface area contributed by atoms with E-state index >= 15 is 0 Å². The molecule has 0 amide bonds. The Morgan fingerprint density at radius 3 is 2.12 bits per heavy atom. The molecular formula is C21H38O3. The molecule has 0 atom stereocenters. The lowest BCUT2D eigenvalue weighted by Gasteiger charge is -2.33. The van der Waals surface area contributed by atoms with E-state index in [9.17, 15) is 9.90 Å². The van der Waals surface area contributed by atoms with Crippen LogP contribution in [0.15, 0.2) is 11.6 Å². The third-order valence-electron chi connectivity index (χ3n) is 5.08. The first kappa shape index (κ1) is 21.2. The molecule has 0 aromatic heterocycles. The number of esters is 1. The number of carbonyl (C=O) groups excluding carboxylic acids is 1. The normalized spacial score (nSPS) is 17.7. The average molecular weight is 339 g/mol. The van der Waals surface area contributed by atoms with Crippen molar-refractivity contribution < 1.29 is 14.6 Å². The lowest BCUT2D eigenvalue weighted by Crippen LogP contribution is -2.37. The monoisotopic (exact) mass is 338 g/mol. The summed E-state index contributed by atoms with van der Waals surface area (Å²) < 4.78 is 5.19. The molecule has 0 aromatic carbocycles. The zero-order valence-corrected chi connectivity index (χ0v) is 15.9. The second-order valence-corrected chi connectivity index (χ2v) is 7.19. The van der Waals surface area contributed by atoms with E-state index in [4.69, 9.17) is 4.74 Å². The third-order valence-corrected chi connectivity index (χ3v) is 5.08. The van der Waals surface area contributed by atoms with Crippen molar-refractivity contribution in [3.63, 3.8) is 0 Å². The van der Waals surface area contributed by atoms with Crippen LogP contribution >= 0.6 is 0 Å². The number of aliphatic hydroxyl groups is 1. The first-order chi connectivity index (χ1) is 11.6. The fourth-order valence-corrected chi connectivity index (χ4v) is 3.60. The summed E-state index contributed by atoms with van der Waals surface area (Å²) in [6.07, 6.45) is 17.6. The molecular weight excluding hydrogens is 300 g/mol. The molecule has 0 unspecified atom stereocenters. The highest BCUT2D eigenvalue weighted by Gasteiger charge is 2.37. The number of allylic oxidation sites excluding steroid dienone is 1. The van der Waals surface area contributed by atoms with E-state index in [1.807, 2.05) is 13.0 Å². The Balaban J connectivity index is 2.40. The van der Waals surface area contributed by atoms with Crippen LogP contribution in [0.1, 0.15) is 104 Å². The smallest absolute Gasteiger partial charge is 0.336 e. The van der Waals surface area contributed by atoms with Gasteiger partial charge in [-0.1, -0.05) is 77.2 Å². The minimum atomic E-state index is -0.954. The van der Waals surface area contributed by atoms with Gasteiger partial charge in [0.25, 0.3) is 0 Å². The summed E-state index contributed by atoms with van der Waals surface area (Å²) in [5, 5.41) is 10.9. The highest BCUT2D eigenvalue weighted by atomic mass is 16.5. The summed E-state index contributed by atoms with van der Waals surface area (Å²) in [5.41, 5.74) is -0.433. The standard InChI is InChI=1S/C21H38O3/c1-3-5-6-7-8-9-10-11-13-16-19(20(22)24-4-2)21(23)17-14-12-15-18-21/h16,23H,3-15,17-18H2,1-2H3/b19-16+. The predicted molar refractivity (Wildman–Crippen MR) is 100.0 cm³/mol. The maximum atomic E-state index is 12.3. The molecule has 1 rings (SSSR count). The molecule has 1 fully saturated rings. The van der Waals surface area contributed by atoms with Gasteiger partial charge in [0.05, 0.1) is 17.8 Å². The fraction of sp³-hybridized carbons (Fsp3) is 0.857. The second kappa shape index (κ2) is 12.5. The van der Waals surface area contributed by atoms with Gasteiger partial charge in [-0.3, -0.25) is 0 Å². The quantitative estimate of drug-likeness (QED) is 0.282. The van der Waals surface area contributed by atoms with E-state index in [0.717, 1.165) is 32.1 Å². The molecule has 0 bridgehead atoms. The van der Waals surface area contributed by atoms with E-state index in [1.54, 1.807) is 0 Å². The summed E-state index contributed by atoms with van der Waals surface area (Å²) >= 11 is 0. The largest absolute Gasteiger partial charge is 0.463 e. The van der Waals surface area contributed by atoms with E-state index in [0.29, 0.717) is 25.0 Å². The molecule has 1 aliphatic carbocycles. The van der Waals surface area contributed by atoms with Gasteiger partial charge in [0, 0.05) is 0 Å². The summed E-state index contributed by atoms with van der Waals surface area (Å²) in [6, 6.07) is 0. The van der Waals surface area contributed by atoms with Gasteiger partial charge in [-0.25, -0.2) is 4.79 Å². The molecule has 1 saturated carbocycles. The summed E-state index contributed by atoms with van der Waals surface area (Å²) in [6.45, 7) is 4.43. The van der Waals surface area contributed by atoms with E-state index < -0.39 is 5.60 Å². The Morgan fingerprint density at radius 2 is 1.54 bits per heavy atom. The molecule has 0 spiro atoms. The SMILES string of the molecule is CCCCCCCCCC/C=C(\C(=O)OCC)C1(O)CCCCC1. The van der Waals surface area contributed by atoms with Crippen LogP contribution in [0.4, 0.5) is 0 Å². The molecule has 0 aromatic rings. The molecule has 1 N–H and O–H groups in total. The van der Waals surface area contributed by atoms with Gasteiger partial charge >= 0.3 is 5.97 Å². The molecule has 0 radical (unpaired) electrons. The molecule has 0 saturated heterocycles. The van der Waals surface area contributed by atoms with Crippen LogP contribution in [0, 0.1) is 0 Å². The summed E-state index contributed by atoms with van der Waals surface area (Å²) in [4.78, 5) is 12.3. The van der Waals surface area contributed by atoms with Gasteiger partial charge in [0.2, 0.25) is 0 Å². The zero-order chi connectivity index (χ0) is 17.7. The Kier molecular flexibility index (Phi) is 11.1. The van der Waals surface area contributed by atoms with Crippen molar-refractivity contribution in [2.75, 3.05) is 6.61 Å². The van der Waals surface area contributed by atoms with Crippen LogP contribution in [-0.2, 0) is 9.53 Å². The molecule has 24 heavy (non-hydrogen) atoms. The number of rotatable bonds is 12. The maximum Gasteiger partial charge on any atom is 0.336 e. The van der Waals surface area contributed by atoms with Gasteiger partial charge in [-0.05, 0) is 32.6 Å². The van der Waals surface area contributed by atoms with E-state index in [1.165, 1.54) is 44.9 Å². The minimum Gasteiger partial charge on any atom is -0.463 e. The van der Waals surface area contributed by atoms with Crippen LogP contribution in [0.3, 0.4) is 0 Å². The first-order valence-corrected chi connectivity index (χ1v) is 10.2. The topological polar surface area (TPSA) is 46.5 Å². The highest BCUT2D eigenvalue weighted by molar-refractivity contribution is 5.90. The van der Waals surface area contributed by atoms with Crippen LogP contribution in [-0.4, -0.2) is 23.3 Å². The Bertz CT molecular complexity index is 367. The number of hydrogen-bond donors (Lipinski definition) is 1. The average Bonchev–Trinajstić information content (AvgIpc) is 2.57. The van der Waals surface area contributed by atoms with Crippen molar-refractivity contribution in [1.29, 1.82) is 0 Å². The van der Waals surface area contributed by atoms with Gasteiger partial charge in [0.1, 0.15) is 0 Å². The van der Waals surface area contributed by atoms with Gasteiger partial charge in [-0.2, -0.15) is 0 Å². The lowest BCUT2D eigenvalue weighted by atomic mass is 9.79. The number of unbranched alkanes of at least 4 members (excludes halogenated alkanes) is 8. The maximum absolute atomic E-state index is 12.3. The van der Waals surface area contributed by atoms with Crippen LogP contribution < -0.4 is 0 Å². The van der Waals surface area contributed by atoms with Gasteiger partial charge in [-0.15, -0.1) is 0 Å². The molecule has 3 heteroatoms. The second-order valence-electron chi connectivity index (χ2n) is 7.19. The van der Waals surface area contributed by atoms with E-state index in [-0.39, 0.29) is 5.97 Å². The van der Waals surface area contributed by atoms with Gasteiger partial charge < -0.3 is 9.84 Å². The summed E-state index contributed by atoms with van der Waals surface area (Å²) in [7, 11) is 0. The van der Waals surface area contributed by atoms with Gasteiger partial charge in [0.15, 0.2) is 0 Å².